The molecule has 2 aromatic heterocycles. The molecule has 148 valence electrons. The molecule has 0 saturated heterocycles. The maximum absolute atomic E-state index is 9.96. The van der Waals surface area contributed by atoms with E-state index >= 15 is 0 Å². The highest BCUT2D eigenvalue weighted by molar-refractivity contribution is 9.10. The summed E-state index contributed by atoms with van der Waals surface area (Å²) in [7, 11) is 0. The lowest BCUT2D eigenvalue weighted by Crippen LogP contribution is -2.34. The average Bonchev–Trinajstić information content (AvgIpc) is 3.23. The van der Waals surface area contributed by atoms with Crippen LogP contribution >= 0.6 is 27.7 Å². The van der Waals surface area contributed by atoms with Crippen LogP contribution in [-0.2, 0) is 0 Å². The van der Waals surface area contributed by atoms with Gasteiger partial charge in [0.05, 0.1) is 22.5 Å². The molecule has 1 aliphatic heterocycles. The molecule has 0 bridgehead atoms. The van der Waals surface area contributed by atoms with Gasteiger partial charge in [0.25, 0.3) is 0 Å². The largest absolute Gasteiger partial charge is 0.508 e. The number of hydrogen-bond acceptors (Lipinski definition) is 8. The number of aromatic hydroxyl groups is 1. The molecule has 0 saturated carbocycles. The molecule has 1 aromatic carbocycles. The Morgan fingerprint density at radius 1 is 1.17 bits per heavy atom. The highest BCUT2D eigenvalue weighted by Crippen LogP contribution is 2.36. The molecule has 3 aromatic rings. The summed E-state index contributed by atoms with van der Waals surface area (Å²) >= 11 is 5.22. The van der Waals surface area contributed by atoms with Crippen molar-refractivity contribution < 1.29 is 5.11 Å². The number of hydrogen-bond donors (Lipinski definition) is 3. The van der Waals surface area contributed by atoms with Gasteiger partial charge >= 0.3 is 0 Å². The number of nitrogens with one attached hydrogen (secondary N) is 2. The van der Waals surface area contributed by atoms with E-state index in [2.05, 4.69) is 48.4 Å². The van der Waals surface area contributed by atoms with Crippen LogP contribution in [0.2, 0.25) is 0 Å². The number of thioether (sulfide) groups is 1. The molecule has 0 amide bonds. The number of rotatable bonds is 6. The van der Waals surface area contributed by atoms with Crippen LogP contribution in [0.1, 0.15) is 19.0 Å². The maximum Gasteiger partial charge on any atom is 0.180 e. The second-order valence-corrected chi connectivity index (χ2v) is 8.35. The lowest BCUT2D eigenvalue weighted by atomic mass is 10.1. The van der Waals surface area contributed by atoms with E-state index in [0.29, 0.717) is 17.2 Å². The Bertz CT molecular complexity index is 1050. The molecule has 0 spiro atoms. The van der Waals surface area contributed by atoms with E-state index in [1.807, 2.05) is 12.3 Å². The van der Waals surface area contributed by atoms with Crippen LogP contribution in [-0.4, -0.2) is 37.1 Å². The zero-order valence-corrected chi connectivity index (χ0v) is 18.0. The van der Waals surface area contributed by atoms with Gasteiger partial charge < -0.3 is 10.4 Å². The third kappa shape index (κ3) is 4.58. The molecule has 0 aliphatic carbocycles. The molecule has 0 radical (unpaired) electrons. The van der Waals surface area contributed by atoms with E-state index in [1.54, 1.807) is 48.6 Å². The standard InChI is InChI=1S/C20H19BrN6OS/c1-2-5-24-20-25-11-18(29-20)16-9-15(13-8-12(28)3-4-14(13)21)26-19(27-16)17-10-22-6-7-23-17/h3-4,6-11,20,24-25,28H,2,5H2,1H3. The highest BCUT2D eigenvalue weighted by atomic mass is 79.9. The van der Waals surface area contributed by atoms with E-state index in [1.165, 1.54) is 0 Å². The van der Waals surface area contributed by atoms with Crippen molar-refractivity contribution in [2.75, 3.05) is 6.54 Å². The van der Waals surface area contributed by atoms with Crippen molar-refractivity contribution in [3.8, 4) is 28.5 Å². The Labute approximate surface area is 181 Å². The van der Waals surface area contributed by atoms with Crippen molar-refractivity contribution in [1.29, 1.82) is 0 Å². The van der Waals surface area contributed by atoms with E-state index in [0.717, 1.165) is 33.6 Å². The number of phenolic OH excluding ortho intramolecular Hbond substituents is 1. The summed E-state index contributed by atoms with van der Waals surface area (Å²) in [5.41, 5.74) is 2.94. The first-order chi connectivity index (χ1) is 14.1. The Morgan fingerprint density at radius 3 is 2.83 bits per heavy atom. The van der Waals surface area contributed by atoms with Gasteiger partial charge in [0.1, 0.15) is 16.9 Å². The van der Waals surface area contributed by atoms with Crippen molar-refractivity contribution in [1.82, 2.24) is 30.6 Å². The van der Waals surface area contributed by atoms with Gasteiger partial charge in [-0.05, 0) is 37.2 Å². The zero-order valence-electron chi connectivity index (χ0n) is 15.6. The molecule has 29 heavy (non-hydrogen) atoms. The molecule has 1 atom stereocenters. The summed E-state index contributed by atoms with van der Waals surface area (Å²) in [6, 6.07) is 7.02. The van der Waals surface area contributed by atoms with Crippen LogP contribution in [0.25, 0.3) is 27.7 Å². The SMILES string of the molecule is CCCNC1NC=C(c2cc(-c3cc(O)ccc3Br)nc(-c3cnccn3)n2)S1. The van der Waals surface area contributed by atoms with Crippen LogP contribution in [0, 0.1) is 0 Å². The fraction of sp³-hybridized carbons (Fsp3) is 0.200. The first kappa shape index (κ1) is 19.8. The van der Waals surface area contributed by atoms with Crippen LogP contribution in [0.4, 0.5) is 0 Å². The smallest absolute Gasteiger partial charge is 0.180 e. The fourth-order valence-corrected chi connectivity index (χ4v) is 4.21. The Morgan fingerprint density at radius 2 is 2.03 bits per heavy atom. The van der Waals surface area contributed by atoms with E-state index in [-0.39, 0.29) is 11.2 Å². The van der Waals surface area contributed by atoms with Crippen molar-refractivity contribution in [3.05, 3.63) is 59.2 Å². The molecule has 1 aliphatic rings. The normalized spacial score (nSPS) is 15.8. The molecule has 3 N–H and O–H groups in total. The monoisotopic (exact) mass is 470 g/mol. The van der Waals surface area contributed by atoms with Crippen LogP contribution in [0.15, 0.2) is 53.5 Å². The van der Waals surface area contributed by atoms with Crippen LogP contribution in [0.3, 0.4) is 0 Å². The number of phenols is 1. The Hall–Kier alpha value is -2.49. The lowest BCUT2D eigenvalue weighted by molar-refractivity contribution is 0.475. The molecule has 4 rings (SSSR count). The van der Waals surface area contributed by atoms with Gasteiger partial charge in [-0.1, -0.05) is 34.6 Å². The molecule has 0 fully saturated rings. The summed E-state index contributed by atoms with van der Waals surface area (Å²) in [4.78, 5) is 18.9. The molecular formula is C20H19BrN6OS. The molecule has 1 unspecified atom stereocenters. The summed E-state index contributed by atoms with van der Waals surface area (Å²) in [6.45, 7) is 3.07. The van der Waals surface area contributed by atoms with Crippen molar-refractivity contribution >= 4 is 32.6 Å². The summed E-state index contributed by atoms with van der Waals surface area (Å²) in [5, 5.41) is 16.7. The van der Waals surface area contributed by atoms with Crippen molar-refractivity contribution in [2.45, 2.75) is 18.8 Å². The van der Waals surface area contributed by atoms with E-state index in [9.17, 15) is 5.11 Å². The first-order valence-electron chi connectivity index (χ1n) is 9.15. The average molecular weight is 471 g/mol. The second-order valence-electron chi connectivity index (χ2n) is 6.34. The van der Waals surface area contributed by atoms with Gasteiger partial charge in [-0.3, -0.25) is 10.3 Å². The van der Waals surface area contributed by atoms with Crippen molar-refractivity contribution in [2.24, 2.45) is 0 Å². The van der Waals surface area contributed by atoms with Crippen molar-refractivity contribution in [3.63, 3.8) is 0 Å². The number of nitrogens with zero attached hydrogens (tertiary/aromatic N) is 4. The molecule has 9 heteroatoms. The molecule has 3 heterocycles. The number of aromatic nitrogens is 4. The summed E-state index contributed by atoms with van der Waals surface area (Å²) < 4.78 is 0.832. The maximum atomic E-state index is 9.96. The number of benzene rings is 1. The molecular weight excluding hydrogens is 452 g/mol. The summed E-state index contributed by atoms with van der Waals surface area (Å²) in [6.07, 6.45) is 7.89. The third-order valence-corrected chi connectivity index (χ3v) is 6.00. The molecule has 7 nitrogen and oxygen atoms in total. The summed E-state index contributed by atoms with van der Waals surface area (Å²) in [5.74, 6) is 0.650. The van der Waals surface area contributed by atoms with Gasteiger partial charge in [0.2, 0.25) is 0 Å². The fourth-order valence-electron chi connectivity index (χ4n) is 2.81. The minimum Gasteiger partial charge on any atom is -0.508 e. The van der Waals surface area contributed by atoms with Gasteiger partial charge in [-0.25, -0.2) is 15.0 Å². The van der Waals surface area contributed by atoms with Gasteiger partial charge in [-0.15, -0.1) is 0 Å². The van der Waals surface area contributed by atoms with Crippen LogP contribution in [0.5, 0.6) is 5.75 Å². The van der Waals surface area contributed by atoms with Gasteiger partial charge in [0.15, 0.2) is 5.82 Å². The predicted molar refractivity (Wildman–Crippen MR) is 119 cm³/mol. The highest BCUT2D eigenvalue weighted by Gasteiger charge is 2.21. The zero-order chi connectivity index (χ0) is 20.2. The van der Waals surface area contributed by atoms with E-state index < -0.39 is 0 Å². The van der Waals surface area contributed by atoms with Gasteiger partial charge in [0, 0.05) is 28.6 Å². The lowest BCUT2D eigenvalue weighted by Gasteiger charge is -2.13. The Balaban J connectivity index is 1.77. The minimum atomic E-state index is 0.107. The second kappa shape index (κ2) is 8.89. The van der Waals surface area contributed by atoms with E-state index in [4.69, 9.17) is 4.98 Å². The first-order valence-corrected chi connectivity index (χ1v) is 10.8. The minimum absolute atomic E-state index is 0.107. The predicted octanol–water partition coefficient (Wildman–Crippen LogP) is 3.99. The third-order valence-electron chi connectivity index (χ3n) is 4.19. The quantitative estimate of drug-likeness (QED) is 0.497. The van der Waals surface area contributed by atoms with Gasteiger partial charge in [-0.2, -0.15) is 0 Å². The number of halogens is 1. The Kier molecular flexibility index (Phi) is 6.08. The van der Waals surface area contributed by atoms with Crippen LogP contribution < -0.4 is 10.6 Å². The topological polar surface area (TPSA) is 95.8 Å².